The van der Waals surface area contributed by atoms with Gasteiger partial charge in [-0.15, -0.1) is 0 Å². The minimum atomic E-state index is -0.586. The Morgan fingerprint density at radius 2 is 1.90 bits per heavy atom. The van der Waals surface area contributed by atoms with Gasteiger partial charge in [0, 0.05) is 18.8 Å². The Balaban J connectivity index is 1.52. The molecule has 0 saturated heterocycles. The topological polar surface area (TPSA) is 85.0 Å². The molecule has 0 fully saturated rings. The van der Waals surface area contributed by atoms with Gasteiger partial charge in [0.15, 0.2) is 6.61 Å². The number of carbonyl (C=O) groups is 2. The van der Waals surface area contributed by atoms with Gasteiger partial charge in [0.25, 0.3) is 5.91 Å². The van der Waals surface area contributed by atoms with Crippen LogP contribution in [-0.2, 0) is 9.53 Å². The number of esters is 1. The summed E-state index contributed by atoms with van der Waals surface area (Å²) in [5, 5.41) is 5.86. The molecule has 146 valence electrons. The summed E-state index contributed by atoms with van der Waals surface area (Å²) >= 11 is 0. The largest absolute Gasteiger partial charge is 0.467 e. The molecule has 3 aromatic rings. The Labute approximate surface area is 167 Å². The number of amides is 1. The van der Waals surface area contributed by atoms with Crippen molar-refractivity contribution in [2.24, 2.45) is 5.10 Å². The number of benzene rings is 1. The molecule has 0 radical (unpaired) electrons. The Kier molecular flexibility index (Phi) is 5.20. The lowest BCUT2D eigenvalue weighted by molar-refractivity contribution is -0.136. The maximum Gasteiger partial charge on any atom is 0.338 e. The Hall–Kier alpha value is -3.74. The third-order valence-corrected chi connectivity index (χ3v) is 4.67. The van der Waals surface area contributed by atoms with Crippen LogP contribution in [0.3, 0.4) is 0 Å². The van der Waals surface area contributed by atoms with Gasteiger partial charge in [-0.1, -0.05) is 29.8 Å². The van der Waals surface area contributed by atoms with Crippen LogP contribution in [-0.4, -0.2) is 34.2 Å². The molecule has 7 heteroatoms. The number of hydrazone groups is 1. The van der Waals surface area contributed by atoms with E-state index in [1.807, 2.05) is 37.3 Å². The summed E-state index contributed by atoms with van der Waals surface area (Å²) in [7, 11) is 0. The molecule has 0 spiro atoms. The fourth-order valence-corrected chi connectivity index (χ4v) is 3.13. The van der Waals surface area contributed by atoms with E-state index in [0.717, 1.165) is 16.8 Å². The summed E-state index contributed by atoms with van der Waals surface area (Å²) in [6.07, 6.45) is 5.06. The van der Waals surface area contributed by atoms with Crippen molar-refractivity contribution in [1.29, 1.82) is 0 Å². The standard InChI is InChI=1S/C22H19N3O4/c1-15-4-6-16(7-5-15)18-13-19(20-3-2-12-28-20)25(24-18)21(26)14-29-22(27)17-8-10-23-11-9-17/h2-12,19H,13-14H2,1H3/t19-/m0/s1. The van der Waals surface area contributed by atoms with E-state index >= 15 is 0 Å². The number of ether oxygens (including phenoxy) is 1. The van der Waals surface area contributed by atoms with Crippen LogP contribution in [0.25, 0.3) is 0 Å². The highest BCUT2D eigenvalue weighted by Gasteiger charge is 2.35. The van der Waals surface area contributed by atoms with Crippen LogP contribution in [0.4, 0.5) is 0 Å². The highest BCUT2D eigenvalue weighted by Crippen LogP contribution is 2.33. The van der Waals surface area contributed by atoms with Gasteiger partial charge >= 0.3 is 5.97 Å². The SMILES string of the molecule is Cc1ccc(C2=NN(C(=O)COC(=O)c3ccncc3)[C@H](c3ccco3)C2)cc1. The number of nitrogens with zero attached hydrogens (tertiary/aromatic N) is 3. The number of aromatic nitrogens is 1. The summed E-state index contributed by atoms with van der Waals surface area (Å²) in [5.41, 5.74) is 3.20. The lowest BCUT2D eigenvalue weighted by Gasteiger charge is -2.19. The fourth-order valence-electron chi connectivity index (χ4n) is 3.13. The average molecular weight is 389 g/mol. The van der Waals surface area contributed by atoms with Crippen LogP contribution >= 0.6 is 0 Å². The van der Waals surface area contributed by atoms with E-state index in [1.54, 1.807) is 12.3 Å². The molecule has 29 heavy (non-hydrogen) atoms. The lowest BCUT2D eigenvalue weighted by Crippen LogP contribution is -2.31. The van der Waals surface area contributed by atoms with Crippen molar-refractivity contribution in [2.75, 3.05) is 6.61 Å². The van der Waals surface area contributed by atoms with Gasteiger partial charge in [0.1, 0.15) is 11.8 Å². The second-order valence-electron chi connectivity index (χ2n) is 6.70. The van der Waals surface area contributed by atoms with Gasteiger partial charge in [0.05, 0.1) is 17.5 Å². The number of carbonyl (C=O) groups excluding carboxylic acids is 2. The van der Waals surface area contributed by atoms with Crippen LogP contribution in [0.5, 0.6) is 0 Å². The minimum absolute atomic E-state index is 0.334. The number of hydrogen-bond acceptors (Lipinski definition) is 6. The van der Waals surface area contributed by atoms with E-state index in [1.165, 1.54) is 29.5 Å². The van der Waals surface area contributed by atoms with Crippen molar-refractivity contribution in [3.8, 4) is 0 Å². The van der Waals surface area contributed by atoms with Crippen molar-refractivity contribution >= 4 is 17.6 Å². The predicted molar refractivity (Wildman–Crippen MR) is 105 cm³/mol. The normalized spacial score (nSPS) is 15.8. The van der Waals surface area contributed by atoms with Crippen molar-refractivity contribution in [1.82, 2.24) is 9.99 Å². The summed E-state index contributed by atoms with van der Waals surface area (Å²) in [4.78, 5) is 28.8. The molecule has 0 unspecified atom stereocenters. The Bertz CT molecular complexity index is 1030. The van der Waals surface area contributed by atoms with Crippen molar-refractivity contribution in [3.63, 3.8) is 0 Å². The highest BCUT2D eigenvalue weighted by atomic mass is 16.5. The lowest BCUT2D eigenvalue weighted by atomic mass is 10.0. The minimum Gasteiger partial charge on any atom is -0.467 e. The van der Waals surface area contributed by atoms with E-state index in [9.17, 15) is 9.59 Å². The van der Waals surface area contributed by atoms with Gasteiger partial charge in [-0.05, 0) is 36.8 Å². The molecule has 1 aliphatic heterocycles. The molecule has 1 aromatic carbocycles. The third-order valence-electron chi connectivity index (χ3n) is 4.67. The first-order chi connectivity index (χ1) is 14.1. The molecule has 0 aliphatic carbocycles. The first kappa shape index (κ1) is 18.6. The van der Waals surface area contributed by atoms with Crippen LogP contribution in [0.1, 0.15) is 39.7 Å². The summed E-state index contributed by atoms with van der Waals surface area (Å²) in [6, 6.07) is 14.2. The molecular weight excluding hydrogens is 370 g/mol. The fraction of sp³-hybridized carbons (Fsp3) is 0.182. The highest BCUT2D eigenvalue weighted by molar-refractivity contribution is 6.03. The number of rotatable bonds is 5. The maximum absolute atomic E-state index is 12.8. The first-order valence-corrected chi connectivity index (χ1v) is 9.19. The molecular formula is C22H19N3O4. The zero-order valence-electron chi connectivity index (χ0n) is 15.8. The molecule has 2 aromatic heterocycles. The first-order valence-electron chi connectivity index (χ1n) is 9.19. The second-order valence-corrected chi connectivity index (χ2v) is 6.70. The van der Waals surface area contributed by atoms with Crippen LogP contribution in [0.2, 0.25) is 0 Å². The van der Waals surface area contributed by atoms with Crippen molar-refractivity contribution in [3.05, 3.63) is 89.6 Å². The monoisotopic (exact) mass is 389 g/mol. The summed E-state index contributed by atoms with van der Waals surface area (Å²) < 4.78 is 10.7. The molecule has 1 amide bonds. The molecule has 1 aliphatic rings. The van der Waals surface area contributed by atoms with Gasteiger partial charge in [0.2, 0.25) is 0 Å². The van der Waals surface area contributed by atoms with Crippen molar-refractivity contribution in [2.45, 2.75) is 19.4 Å². The summed E-state index contributed by atoms with van der Waals surface area (Å²) in [6.45, 7) is 1.60. The van der Waals surface area contributed by atoms with Crippen LogP contribution in [0, 0.1) is 6.92 Å². The molecule has 0 bridgehead atoms. The average Bonchev–Trinajstić information content (AvgIpc) is 3.43. The van der Waals surface area contributed by atoms with Gasteiger partial charge in [-0.3, -0.25) is 9.78 Å². The van der Waals surface area contributed by atoms with Gasteiger partial charge < -0.3 is 9.15 Å². The maximum atomic E-state index is 12.8. The van der Waals surface area contributed by atoms with E-state index in [2.05, 4.69) is 10.1 Å². The summed E-state index contributed by atoms with van der Waals surface area (Å²) in [5.74, 6) is -0.377. The molecule has 4 rings (SSSR count). The zero-order valence-corrected chi connectivity index (χ0v) is 15.8. The smallest absolute Gasteiger partial charge is 0.338 e. The van der Waals surface area contributed by atoms with Crippen LogP contribution < -0.4 is 0 Å². The Morgan fingerprint density at radius 1 is 1.14 bits per heavy atom. The van der Waals surface area contributed by atoms with Gasteiger partial charge in [-0.25, -0.2) is 9.80 Å². The van der Waals surface area contributed by atoms with Crippen LogP contribution in [0.15, 0.2) is 76.7 Å². The van der Waals surface area contributed by atoms with Crippen molar-refractivity contribution < 1.29 is 18.7 Å². The Morgan fingerprint density at radius 3 is 2.59 bits per heavy atom. The third kappa shape index (κ3) is 4.08. The number of hydrogen-bond donors (Lipinski definition) is 0. The predicted octanol–water partition coefficient (Wildman–Crippen LogP) is 3.52. The number of pyridine rings is 1. The molecule has 0 saturated carbocycles. The van der Waals surface area contributed by atoms with E-state index < -0.39 is 18.5 Å². The molecule has 0 N–H and O–H groups in total. The second kappa shape index (κ2) is 8.10. The molecule has 3 heterocycles. The van der Waals surface area contributed by atoms with E-state index in [0.29, 0.717) is 17.7 Å². The molecule has 1 atom stereocenters. The van der Waals surface area contributed by atoms with E-state index in [4.69, 9.17) is 9.15 Å². The number of aryl methyl sites for hydroxylation is 1. The zero-order chi connectivity index (χ0) is 20.2. The number of furan rings is 1. The van der Waals surface area contributed by atoms with E-state index in [-0.39, 0.29) is 6.04 Å². The van der Waals surface area contributed by atoms with Gasteiger partial charge in [-0.2, -0.15) is 5.10 Å². The molecule has 7 nitrogen and oxygen atoms in total. The quantitative estimate of drug-likeness (QED) is 0.624.